The van der Waals surface area contributed by atoms with Crippen LogP contribution < -0.4 is 21.1 Å². The fraction of sp³-hybridized carbons (Fsp3) is 0.500. The standard InChI is InChI=1S/C54H64N10O7/c55-49(66)47-48(37-6-9-41(10-7-37)71-40-4-2-1-3-5-40)58-64-44(14-23-56-50(47)64)36-19-28-60(29-20-36)39-21-30-62(31-22-39)54(70)61-26-15-34(16-27-61)33-59-24-17-35(18-25-59)38-8-11-42-43(32-38)53(69)63(52(42)68)45-12-13-46(65)57-51(45)67/h1-11,32,34-36,39,44-45,56H,12-31,33H2,(H2,55,66)(H,57,65,67)/t44-,45?/m0/s1. The summed E-state index contributed by atoms with van der Waals surface area (Å²) in [5, 5.41) is 10.8. The Hall–Kier alpha value is -6.59. The minimum absolute atomic E-state index is 0.0966. The van der Waals surface area contributed by atoms with E-state index in [1.165, 1.54) is 0 Å². The summed E-state index contributed by atoms with van der Waals surface area (Å²) in [6.45, 7) is 8.86. The molecule has 7 aliphatic rings. The van der Waals surface area contributed by atoms with E-state index in [0.717, 1.165) is 145 Å². The summed E-state index contributed by atoms with van der Waals surface area (Å²) in [4.78, 5) is 87.9. The number of nitrogens with one attached hydrogen (secondary N) is 2. The maximum absolute atomic E-state index is 13.8. The first-order valence-corrected chi connectivity index (χ1v) is 25.9. The number of anilines is 1. The monoisotopic (exact) mass is 964 g/mol. The number of amides is 7. The van der Waals surface area contributed by atoms with E-state index in [9.17, 15) is 28.8 Å². The summed E-state index contributed by atoms with van der Waals surface area (Å²) in [7, 11) is 0. The molecular weight excluding hydrogens is 901 g/mol. The normalized spacial score (nSPS) is 23.4. The van der Waals surface area contributed by atoms with Gasteiger partial charge in [0.15, 0.2) is 0 Å². The summed E-state index contributed by atoms with van der Waals surface area (Å²) in [6.07, 6.45) is 9.17. The Morgan fingerprint density at radius 2 is 1.38 bits per heavy atom. The Balaban J connectivity index is 0.614. The van der Waals surface area contributed by atoms with Crippen molar-refractivity contribution in [3.63, 3.8) is 0 Å². The molecule has 4 N–H and O–H groups in total. The Morgan fingerprint density at radius 1 is 0.704 bits per heavy atom. The zero-order valence-electron chi connectivity index (χ0n) is 40.3. The van der Waals surface area contributed by atoms with Crippen molar-refractivity contribution < 1.29 is 33.5 Å². The molecule has 5 saturated heterocycles. The number of primary amides is 1. The van der Waals surface area contributed by atoms with Crippen LogP contribution in [0, 0.1) is 11.8 Å². The molecule has 8 heterocycles. The van der Waals surface area contributed by atoms with Crippen LogP contribution in [-0.2, 0) is 9.59 Å². The van der Waals surface area contributed by atoms with Gasteiger partial charge in [-0.15, -0.1) is 0 Å². The van der Waals surface area contributed by atoms with Crippen LogP contribution in [0.15, 0.2) is 72.8 Å². The molecule has 2 atom stereocenters. The Bertz CT molecular complexity index is 2680. The molecule has 11 rings (SSSR count). The van der Waals surface area contributed by atoms with Gasteiger partial charge >= 0.3 is 6.03 Å². The number of imide groups is 2. The Labute approximate surface area is 414 Å². The van der Waals surface area contributed by atoms with Gasteiger partial charge in [0, 0.05) is 57.3 Å². The van der Waals surface area contributed by atoms with Crippen molar-refractivity contribution in [1.29, 1.82) is 0 Å². The zero-order valence-corrected chi connectivity index (χ0v) is 40.3. The third kappa shape index (κ3) is 9.41. The van der Waals surface area contributed by atoms with Crippen molar-refractivity contribution >= 4 is 41.4 Å². The number of para-hydroxylation sites is 1. The number of likely N-dealkylation sites (tertiary alicyclic amines) is 4. The maximum atomic E-state index is 13.8. The number of rotatable bonds is 10. The number of urea groups is 1. The highest BCUT2D eigenvalue weighted by Crippen LogP contribution is 2.41. The fourth-order valence-electron chi connectivity index (χ4n) is 12.6. The molecular formula is C54H64N10O7. The van der Waals surface area contributed by atoms with E-state index in [-0.39, 0.29) is 36.7 Å². The minimum atomic E-state index is -0.965. The van der Waals surface area contributed by atoms with Crippen molar-refractivity contribution in [2.24, 2.45) is 17.6 Å². The molecule has 3 aromatic carbocycles. The molecule has 7 amide bonds. The molecule has 17 heteroatoms. The van der Waals surface area contributed by atoms with Crippen LogP contribution in [0.2, 0.25) is 0 Å². The number of piperidine rings is 5. The van der Waals surface area contributed by atoms with Gasteiger partial charge in [0.25, 0.3) is 17.7 Å². The van der Waals surface area contributed by atoms with E-state index in [2.05, 4.69) is 30.2 Å². The first kappa shape index (κ1) is 46.8. The van der Waals surface area contributed by atoms with Gasteiger partial charge in [-0.3, -0.25) is 34.2 Å². The molecule has 1 aromatic heterocycles. The van der Waals surface area contributed by atoms with Crippen LogP contribution in [-0.4, -0.2) is 147 Å². The van der Waals surface area contributed by atoms with Crippen LogP contribution >= 0.6 is 0 Å². The molecule has 0 aliphatic carbocycles. The van der Waals surface area contributed by atoms with Crippen LogP contribution in [0.3, 0.4) is 0 Å². The predicted octanol–water partition coefficient (Wildman–Crippen LogP) is 6.09. The van der Waals surface area contributed by atoms with E-state index in [4.69, 9.17) is 15.6 Å². The third-order valence-corrected chi connectivity index (χ3v) is 16.6. The lowest BCUT2D eigenvalue weighted by Gasteiger charge is -2.45. The molecule has 7 aliphatic heterocycles. The van der Waals surface area contributed by atoms with E-state index < -0.39 is 29.7 Å². The number of carbonyl (C=O) groups is 6. The van der Waals surface area contributed by atoms with Crippen molar-refractivity contribution in [2.45, 2.75) is 94.7 Å². The lowest BCUT2D eigenvalue weighted by molar-refractivity contribution is -0.136. The number of ether oxygens (including phenoxy) is 1. The molecule has 0 radical (unpaired) electrons. The van der Waals surface area contributed by atoms with Gasteiger partial charge in [-0.05, 0) is 162 Å². The van der Waals surface area contributed by atoms with Gasteiger partial charge in [-0.1, -0.05) is 24.3 Å². The van der Waals surface area contributed by atoms with Gasteiger partial charge in [-0.25, -0.2) is 9.48 Å². The van der Waals surface area contributed by atoms with E-state index in [1.54, 1.807) is 6.07 Å². The third-order valence-electron chi connectivity index (χ3n) is 16.6. The summed E-state index contributed by atoms with van der Waals surface area (Å²) in [5.41, 5.74) is 9.57. The van der Waals surface area contributed by atoms with Crippen molar-refractivity contribution in [2.75, 3.05) is 70.8 Å². The van der Waals surface area contributed by atoms with E-state index in [0.29, 0.717) is 51.8 Å². The second-order valence-electron chi connectivity index (χ2n) is 20.7. The van der Waals surface area contributed by atoms with Gasteiger partial charge < -0.3 is 35.4 Å². The quantitative estimate of drug-likeness (QED) is 0.156. The largest absolute Gasteiger partial charge is 0.457 e. The number of aromatic nitrogens is 2. The highest BCUT2D eigenvalue weighted by molar-refractivity contribution is 6.23. The molecule has 71 heavy (non-hydrogen) atoms. The summed E-state index contributed by atoms with van der Waals surface area (Å²) in [5.74, 6) is 1.00. The minimum Gasteiger partial charge on any atom is -0.457 e. The van der Waals surface area contributed by atoms with Gasteiger partial charge in [-0.2, -0.15) is 5.10 Å². The highest BCUT2D eigenvalue weighted by atomic mass is 16.5. The number of benzene rings is 3. The fourth-order valence-corrected chi connectivity index (χ4v) is 12.6. The molecule has 372 valence electrons. The number of nitrogens with two attached hydrogens (primary N) is 1. The van der Waals surface area contributed by atoms with Crippen LogP contribution in [0.5, 0.6) is 11.5 Å². The molecule has 0 spiro atoms. The average molecular weight is 965 g/mol. The highest BCUT2D eigenvalue weighted by Gasteiger charge is 2.45. The summed E-state index contributed by atoms with van der Waals surface area (Å²) in [6, 6.07) is 22.7. The second-order valence-corrected chi connectivity index (χ2v) is 20.7. The number of hydrogen-bond acceptors (Lipinski definition) is 11. The van der Waals surface area contributed by atoms with Crippen molar-refractivity contribution in [3.8, 4) is 22.8 Å². The van der Waals surface area contributed by atoms with Gasteiger partial charge in [0.2, 0.25) is 11.8 Å². The SMILES string of the molecule is NC(=O)c1c(-c2ccc(Oc3ccccc3)cc2)nn2c1NCC[C@H]2C1CCN(C2CCN(C(=O)N3CCC(CN4CCC(c5ccc6c(c5)C(=O)N(C5CCC(=O)NC5=O)C6=O)CC4)CC3)CC2)CC1. The average Bonchev–Trinajstić information content (AvgIpc) is 3.91. The van der Waals surface area contributed by atoms with Crippen LogP contribution in [0.4, 0.5) is 10.6 Å². The van der Waals surface area contributed by atoms with Crippen molar-refractivity contribution in [1.82, 2.24) is 39.6 Å². The topological polar surface area (TPSA) is 196 Å². The number of hydrogen-bond donors (Lipinski definition) is 3. The smallest absolute Gasteiger partial charge is 0.319 e. The lowest BCUT2D eigenvalue weighted by Crippen LogP contribution is -2.54. The Kier molecular flexibility index (Phi) is 13.1. The molecule has 5 fully saturated rings. The molecule has 4 aromatic rings. The first-order valence-electron chi connectivity index (χ1n) is 25.9. The van der Waals surface area contributed by atoms with Gasteiger partial charge in [0.1, 0.15) is 34.6 Å². The van der Waals surface area contributed by atoms with E-state index in [1.807, 2.05) is 71.4 Å². The van der Waals surface area contributed by atoms with Crippen LogP contribution in [0.25, 0.3) is 11.3 Å². The van der Waals surface area contributed by atoms with E-state index >= 15 is 0 Å². The Morgan fingerprint density at radius 3 is 2.07 bits per heavy atom. The zero-order chi connectivity index (χ0) is 48.8. The number of carbonyl (C=O) groups excluding carboxylic acids is 6. The number of fused-ring (bicyclic) bond motifs is 2. The van der Waals surface area contributed by atoms with Gasteiger partial charge in [0.05, 0.1) is 17.2 Å². The number of nitrogens with zero attached hydrogens (tertiary/aromatic N) is 7. The van der Waals surface area contributed by atoms with Crippen molar-refractivity contribution in [3.05, 3.63) is 95.1 Å². The lowest BCUT2D eigenvalue weighted by atomic mass is 9.85. The van der Waals surface area contributed by atoms with Crippen LogP contribution in [0.1, 0.15) is 119 Å². The summed E-state index contributed by atoms with van der Waals surface area (Å²) < 4.78 is 8.04. The first-order chi connectivity index (χ1) is 34.6. The molecule has 0 saturated carbocycles. The molecule has 17 nitrogen and oxygen atoms in total. The molecule has 0 bridgehead atoms. The molecule has 1 unspecified atom stereocenters. The predicted molar refractivity (Wildman–Crippen MR) is 265 cm³/mol. The second kappa shape index (κ2) is 19.9. The maximum Gasteiger partial charge on any atom is 0.319 e. The summed E-state index contributed by atoms with van der Waals surface area (Å²) >= 11 is 0.